The Hall–Kier alpha value is -2.65. The number of hydrogen-bond donors (Lipinski definition) is 2. The Labute approximate surface area is 187 Å². The number of likely N-dealkylation sites (tertiary alicyclic amines) is 1. The standard InChI is InChI=1S/C21H26ClN3O5S/c1-29-19-14-18(20(30-2)13-17(19)22)24-31(27,28)16-9-7-15(8-10-16)23-21(26)25-11-5-3-4-6-12-25/h7-10,13-14,24H,3-6,11-12H2,1-2H3,(H,23,26). The predicted molar refractivity (Wildman–Crippen MR) is 121 cm³/mol. The molecule has 8 nitrogen and oxygen atoms in total. The van der Waals surface area contributed by atoms with E-state index in [0.29, 0.717) is 16.5 Å². The van der Waals surface area contributed by atoms with Crippen molar-refractivity contribution >= 4 is 39.0 Å². The molecule has 0 aliphatic carbocycles. The summed E-state index contributed by atoms with van der Waals surface area (Å²) < 4.78 is 38.5. The highest BCUT2D eigenvalue weighted by molar-refractivity contribution is 7.92. The molecule has 2 amide bonds. The van der Waals surface area contributed by atoms with Crippen LogP contribution in [0, 0.1) is 0 Å². The number of urea groups is 1. The van der Waals surface area contributed by atoms with Gasteiger partial charge in [-0.25, -0.2) is 13.2 Å². The maximum absolute atomic E-state index is 12.8. The molecule has 0 bridgehead atoms. The van der Waals surface area contributed by atoms with Crippen LogP contribution in [0.1, 0.15) is 25.7 Å². The molecule has 0 saturated carbocycles. The number of nitrogens with zero attached hydrogens (tertiary/aromatic N) is 1. The second-order valence-electron chi connectivity index (χ2n) is 7.15. The highest BCUT2D eigenvalue weighted by atomic mass is 35.5. The number of carbonyl (C=O) groups excluding carboxylic acids is 1. The average molecular weight is 468 g/mol. The van der Waals surface area contributed by atoms with Crippen LogP contribution >= 0.6 is 11.6 Å². The highest BCUT2D eigenvalue weighted by Gasteiger charge is 2.20. The molecule has 1 heterocycles. The van der Waals surface area contributed by atoms with Crippen LogP contribution in [-0.2, 0) is 10.0 Å². The molecule has 2 N–H and O–H groups in total. The molecule has 168 valence electrons. The van der Waals surface area contributed by atoms with Crippen molar-refractivity contribution in [3.8, 4) is 11.5 Å². The molecule has 1 aliphatic heterocycles. The number of ether oxygens (including phenoxy) is 2. The third kappa shape index (κ3) is 5.74. The van der Waals surface area contributed by atoms with Crippen LogP contribution in [0.5, 0.6) is 11.5 Å². The van der Waals surface area contributed by atoms with Crippen molar-refractivity contribution in [1.82, 2.24) is 4.90 Å². The Bertz CT molecular complexity index is 1020. The monoisotopic (exact) mass is 467 g/mol. The summed E-state index contributed by atoms with van der Waals surface area (Å²) in [4.78, 5) is 14.3. The Morgan fingerprint density at radius 1 is 0.968 bits per heavy atom. The van der Waals surface area contributed by atoms with Crippen molar-refractivity contribution in [3.05, 3.63) is 41.4 Å². The number of amides is 2. The summed E-state index contributed by atoms with van der Waals surface area (Å²) in [5.74, 6) is 0.572. The summed E-state index contributed by atoms with van der Waals surface area (Å²) in [6.45, 7) is 1.46. The molecule has 2 aromatic rings. The zero-order valence-corrected chi connectivity index (χ0v) is 19.1. The number of nitrogens with one attached hydrogen (secondary N) is 2. The van der Waals surface area contributed by atoms with E-state index in [9.17, 15) is 13.2 Å². The van der Waals surface area contributed by atoms with Crippen LogP contribution < -0.4 is 19.5 Å². The van der Waals surface area contributed by atoms with Gasteiger partial charge in [0.2, 0.25) is 0 Å². The van der Waals surface area contributed by atoms with E-state index in [1.807, 2.05) is 0 Å². The SMILES string of the molecule is COc1cc(NS(=O)(=O)c2ccc(NC(=O)N3CCCCCC3)cc2)c(OC)cc1Cl. The first-order valence-electron chi connectivity index (χ1n) is 9.94. The number of rotatable bonds is 6. The van der Waals surface area contributed by atoms with Crippen LogP contribution in [0.4, 0.5) is 16.2 Å². The Balaban J connectivity index is 1.73. The molecule has 2 aromatic carbocycles. The molecule has 1 saturated heterocycles. The Morgan fingerprint density at radius 3 is 2.16 bits per heavy atom. The van der Waals surface area contributed by atoms with E-state index in [0.717, 1.165) is 38.8 Å². The van der Waals surface area contributed by atoms with E-state index in [4.69, 9.17) is 21.1 Å². The predicted octanol–water partition coefficient (Wildman–Crippen LogP) is 4.57. The van der Waals surface area contributed by atoms with Crippen LogP contribution in [0.2, 0.25) is 5.02 Å². The van der Waals surface area contributed by atoms with Gasteiger partial charge in [-0.15, -0.1) is 0 Å². The number of methoxy groups -OCH3 is 2. The largest absolute Gasteiger partial charge is 0.495 e. The van der Waals surface area contributed by atoms with Crippen molar-refractivity contribution in [2.75, 3.05) is 37.3 Å². The van der Waals surface area contributed by atoms with Crippen LogP contribution in [0.15, 0.2) is 41.3 Å². The van der Waals surface area contributed by atoms with Crippen LogP contribution in [0.25, 0.3) is 0 Å². The lowest BCUT2D eigenvalue weighted by Gasteiger charge is -2.20. The topological polar surface area (TPSA) is 97.0 Å². The van der Waals surface area contributed by atoms with E-state index in [1.165, 1.54) is 38.5 Å². The van der Waals surface area contributed by atoms with Crippen molar-refractivity contribution in [2.24, 2.45) is 0 Å². The molecule has 31 heavy (non-hydrogen) atoms. The quantitative estimate of drug-likeness (QED) is 0.648. The third-order valence-electron chi connectivity index (χ3n) is 5.03. The first-order valence-corrected chi connectivity index (χ1v) is 11.8. The molecule has 0 spiro atoms. The number of benzene rings is 2. The lowest BCUT2D eigenvalue weighted by atomic mass is 10.2. The minimum absolute atomic E-state index is 0.0382. The molecule has 3 rings (SSSR count). The van der Waals surface area contributed by atoms with Gasteiger partial charge < -0.3 is 19.7 Å². The van der Waals surface area contributed by atoms with Gasteiger partial charge >= 0.3 is 6.03 Å². The fourth-order valence-corrected chi connectivity index (χ4v) is 4.63. The molecule has 0 unspecified atom stereocenters. The fourth-order valence-electron chi connectivity index (χ4n) is 3.34. The van der Waals surface area contributed by atoms with Crippen molar-refractivity contribution in [3.63, 3.8) is 0 Å². The molecular formula is C21H26ClN3O5S. The average Bonchev–Trinajstić information content (AvgIpc) is 3.04. The lowest BCUT2D eigenvalue weighted by Crippen LogP contribution is -2.35. The molecular weight excluding hydrogens is 442 g/mol. The van der Waals surface area contributed by atoms with Crippen molar-refractivity contribution in [1.29, 1.82) is 0 Å². The third-order valence-corrected chi connectivity index (χ3v) is 6.70. The maximum atomic E-state index is 12.8. The molecule has 1 fully saturated rings. The van der Waals surface area contributed by atoms with E-state index in [-0.39, 0.29) is 22.4 Å². The van der Waals surface area contributed by atoms with Gasteiger partial charge in [-0.1, -0.05) is 24.4 Å². The number of halogens is 1. The minimum Gasteiger partial charge on any atom is -0.495 e. The van der Waals surface area contributed by atoms with E-state index in [1.54, 1.807) is 17.0 Å². The van der Waals surface area contributed by atoms with Crippen molar-refractivity contribution in [2.45, 2.75) is 30.6 Å². The normalized spacial score (nSPS) is 14.5. The number of carbonyl (C=O) groups is 1. The lowest BCUT2D eigenvalue weighted by molar-refractivity contribution is 0.214. The summed E-state index contributed by atoms with van der Waals surface area (Å²) in [5, 5.41) is 3.13. The molecule has 0 aromatic heterocycles. The maximum Gasteiger partial charge on any atom is 0.321 e. The van der Waals surface area contributed by atoms with Gasteiger partial charge in [-0.05, 0) is 37.1 Å². The number of anilines is 2. The summed E-state index contributed by atoms with van der Waals surface area (Å²) in [6, 6.07) is 8.73. The molecule has 1 aliphatic rings. The number of hydrogen-bond acceptors (Lipinski definition) is 5. The Kier molecular flexibility index (Phi) is 7.50. The minimum atomic E-state index is -3.91. The smallest absolute Gasteiger partial charge is 0.321 e. The second-order valence-corrected chi connectivity index (χ2v) is 9.24. The second kappa shape index (κ2) is 10.1. The van der Waals surface area contributed by atoms with E-state index < -0.39 is 10.0 Å². The van der Waals surface area contributed by atoms with E-state index >= 15 is 0 Å². The van der Waals surface area contributed by atoms with Crippen LogP contribution in [0.3, 0.4) is 0 Å². The molecule has 0 atom stereocenters. The first kappa shape index (κ1) is 23.0. The Morgan fingerprint density at radius 2 is 1.58 bits per heavy atom. The van der Waals surface area contributed by atoms with Gasteiger partial charge in [-0.3, -0.25) is 4.72 Å². The van der Waals surface area contributed by atoms with Gasteiger partial charge in [0, 0.05) is 30.9 Å². The fraction of sp³-hybridized carbons (Fsp3) is 0.381. The van der Waals surface area contributed by atoms with Crippen LogP contribution in [-0.4, -0.2) is 46.7 Å². The number of sulfonamides is 1. The van der Waals surface area contributed by atoms with Crippen molar-refractivity contribution < 1.29 is 22.7 Å². The summed E-state index contributed by atoms with van der Waals surface area (Å²) in [6.07, 6.45) is 4.26. The first-order chi connectivity index (χ1) is 14.8. The highest BCUT2D eigenvalue weighted by Crippen LogP contribution is 2.37. The van der Waals surface area contributed by atoms with Gasteiger partial charge in [-0.2, -0.15) is 0 Å². The zero-order chi connectivity index (χ0) is 22.4. The van der Waals surface area contributed by atoms with Gasteiger partial charge in [0.25, 0.3) is 10.0 Å². The van der Waals surface area contributed by atoms with Gasteiger partial charge in [0.1, 0.15) is 11.5 Å². The van der Waals surface area contributed by atoms with Gasteiger partial charge in [0.05, 0.1) is 29.8 Å². The summed E-state index contributed by atoms with van der Waals surface area (Å²) in [7, 11) is -1.06. The molecule has 10 heteroatoms. The zero-order valence-electron chi connectivity index (χ0n) is 17.5. The summed E-state index contributed by atoms with van der Waals surface area (Å²) >= 11 is 6.07. The van der Waals surface area contributed by atoms with Gasteiger partial charge in [0.15, 0.2) is 0 Å². The van der Waals surface area contributed by atoms with E-state index in [2.05, 4.69) is 10.0 Å². The molecule has 0 radical (unpaired) electrons. The summed E-state index contributed by atoms with van der Waals surface area (Å²) in [5.41, 5.74) is 0.723.